The first-order chi connectivity index (χ1) is 27.7. The molecule has 0 aliphatic rings. The summed E-state index contributed by atoms with van der Waals surface area (Å²) in [6.07, 6.45) is 0. The van der Waals surface area contributed by atoms with Crippen LogP contribution >= 0.6 is 11.3 Å². The molecule has 8 aromatic carbocycles. The Kier molecular flexibility index (Phi) is 7.64. The summed E-state index contributed by atoms with van der Waals surface area (Å²) in [4.78, 5) is 15.2. The van der Waals surface area contributed by atoms with E-state index in [1.807, 2.05) is 53.8 Å². The van der Waals surface area contributed by atoms with Crippen LogP contribution in [0.5, 0.6) is 0 Å². The predicted molar refractivity (Wildman–Crippen MR) is 233 cm³/mol. The quantitative estimate of drug-likeness (QED) is 0.171. The molecule has 0 unspecified atom stereocenters. The molecule has 11 aromatic rings. The van der Waals surface area contributed by atoms with Gasteiger partial charge in [-0.1, -0.05) is 158 Å². The van der Waals surface area contributed by atoms with Gasteiger partial charge in [-0.15, -0.1) is 11.3 Å². The van der Waals surface area contributed by atoms with Gasteiger partial charge in [0, 0.05) is 53.2 Å². The Balaban J connectivity index is 1.08. The highest BCUT2D eigenvalue weighted by Crippen LogP contribution is 2.46. The Morgan fingerprint density at radius 1 is 0.339 bits per heavy atom. The van der Waals surface area contributed by atoms with E-state index in [1.165, 1.54) is 42.4 Å². The predicted octanol–water partition coefficient (Wildman–Crippen LogP) is 14.1. The van der Waals surface area contributed by atoms with Crippen molar-refractivity contribution in [2.45, 2.75) is 0 Å². The molecule has 5 heteroatoms. The Labute approximate surface area is 327 Å². The third-order valence-electron chi connectivity index (χ3n) is 10.6. The molecule has 0 amide bonds. The van der Waals surface area contributed by atoms with Crippen molar-refractivity contribution in [2.24, 2.45) is 0 Å². The number of nitrogens with zero attached hydrogens (tertiary/aromatic N) is 3. The molecule has 0 N–H and O–H groups in total. The van der Waals surface area contributed by atoms with Crippen molar-refractivity contribution in [1.29, 1.82) is 0 Å². The lowest BCUT2D eigenvalue weighted by Gasteiger charge is -2.10. The average molecular weight is 734 g/mol. The smallest absolute Gasteiger partial charge is 0.164 e. The van der Waals surface area contributed by atoms with Gasteiger partial charge in [0.15, 0.2) is 17.5 Å². The summed E-state index contributed by atoms with van der Waals surface area (Å²) >= 11 is 1.85. The van der Waals surface area contributed by atoms with Crippen molar-refractivity contribution in [2.75, 3.05) is 0 Å². The highest BCUT2D eigenvalue weighted by Gasteiger charge is 2.20. The van der Waals surface area contributed by atoms with E-state index < -0.39 is 0 Å². The molecule has 262 valence electrons. The number of hydrogen-bond acceptors (Lipinski definition) is 5. The van der Waals surface area contributed by atoms with Gasteiger partial charge in [0.05, 0.1) is 0 Å². The maximum absolute atomic E-state index is 6.54. The van der Waals surface area contributed by atoms with Crippen LogP contribution in [0.15, 0.2) is 192 Å². The summed E-state index contributed by atoms with van der Waals surface area (Å²) in [7, 11) is 0. The van der Waals surface area contributed by atoms with Crippen LogP contribution in [-0.2, 0) is 0 Å². The van der Waals surface area contributed by atoms with Crippen molar-refractivity contribution in [3.63, 3.8) is 0 Å². The van der Waals surface area contributed by atoms with Gasteiger partial charge in [-0.05, 0) is 58.1 Å². The summed E-state index contributed by atoms with van der Waals surface area (Å²) < 4.78 is 9.07. The summed E-state index contributed by atoms with van der Waals surface area (Å²) in [6, 6.07) is 65.6. The molecule has 3 heterocycles. The molecule has 0 radical (unpaired) electrons. The minimum absolute atomic E-state index is 0.606. The van der Waals surface area contributed by atoms with Crippen LogP contribution in [0.1, 0.15) is 0 Å². The topological polar surface area (TPSA) is 51.8 Å². The van der Waals surface area contributed by atoms with Gasteiger partial charge >= 0.3 is 0 Å². The maximum Gasteiger partial charge on any atom is 0.164 e. The third-order valence-corrected chi connectivity index (χ3v) is 11.8. The van der Waals surface area contributed by atoms with Crippen molar-refractivity contribution in [3.8, 4) is 67.5 Å². The molecule has 0 atom stereocenters. The number of benzene rings is 8. The second kappa shape index (κ2) is 13.3. The van der Waals surface area contributed by atoms with E-state index in [-0.39, 0.29) is 0 Å². The van der Waals surface area contributed by atoms with Crippen LogP contribution in [0.25, 0.3) is 110 Å². The van der Waals surface area contributed by atoms with Gasteiger partial charge in [0.25, 0.3) is 0 Å². The van der Waals surface area contributed by atoms with Crippen LogP contribution in [0.3, 0.4) is 0 Å². The molecular weight excluding hydrogens is 703 g/mol. The molecule has 0 fully saturated rings. The summed E-state index contributed by atoms with van der Waals surface area (Å²) in [5.41, 5.74) is 11.5. The fourth-order valence-corrected chi connectivity index (χ4v) is 9.16. The van der Waals surface area contributed by atoms with E-state index in [4.69, 9.17) is 19.4 Å². The second-order valence-corrected chi connectivity index (χ2v) is 15.0. The molecule has 56 heavy (non-hydrogen) atoms. The van der Waals surface area contributed by atoms with Gasteiger partial charge in [0.2, 0.25) is 0 Å². The van der Waals surface area contributed by atoms with Crippen molar-refractivity contribution >= 4 is 53.4 Å². The van der Waals surface area contributed by atoms with E-state index in [1.54, 1.807) is 0 Å². The Bertz CT molecular complexity index is 3230. The van der Waals surface area contributed by atoms with Gasteiger partial charge in [-0.25, -0.2) is 15.0 Å². The number of aromatic nitrogens is 3. The largest absolute Gasteiger partial charge is 0.456 e. The fourth-order valence-electron chi connectivity index (χ4n) is 7.90. The highest BCUT2D eigenvalue weighted by atomic mass is 32.1. The zero-order valence-electron chi connectivity index (χ0n) is 30.1. The first kappa shape index (κ1) is 32.2. The summed E-state index contributed by atoms with van der Waals surface area (Å²) in [6.45, 7) is 0. The highest BCUT2D eigenvalue weighted by molar-refractivity contribution is 7.26. The van der Waals surface area contributed by atoms with Crippen LogP contribution in [0, 0.1) is 0 Å². The molecule has 3 aromatic heterocycles. The summed E-state index contributed by atoms with van der Waals surface area (Å²) in [5, 5.41) is 4.65. The standard InChI is InChI=1S/C51H31N3OS/c1-4-13-32(14-5-1)33-25-27-36(28-26-33)50-52-49(35-17-8-3-9-18-35)53-51(54-50)37-29-30-43-42(31-37)46-39(20-11-23-44(46)55-43)40-21-10-22-41-47-38(34-15-6-2-7-16-34)19-12-24-45(47)56-48(40)41/h1-31H. The van der Waals surface area contributed by atoms with E-state index in [0.717, 1.165) is 49.8 Å². The molecule has 0 saturated heterocycles. The zero-order chi connectivity index (χ0) is 37.0. The Morgan fingerprint density at radius 3 is 1.61 bits per heavy atom. The molecule has 0 saturated carbocycles. The Morgan fingerprint density at radius 2 is 0.875 bits per heavy atom. The van der Waals surface area contributed by atoms with E-state index in [2.05, 4.69) is 146 Å². The molecule has 0 bridgehead atoms. The zero-order valence-corrected chi connectivity index (χ0v) is 30.9. The van der Waals surface area contributed by atoms with E-state index in [9.17, 15) is 0 Å². The molecule has 0 aliphatic heterocycles. The minimum Gasteiger partial charge on any atom is -0.456 e. The van der Waals surface area contributed by atoms with Crippen molar-refractivity contribution in [3.05, 3.63) is 188 Å². The van der Waals surface area contributed by atoms with Crippen molar-refractivity contribution in [1.82, 2.24) is 15.0 Å². The normalized spacial score (nSPS) is 11.6. The van der Waals surface area contributed by atoms with E-state index in [0.29, 0.717) is 17.5 Å². The first-order valence-corrected chi connectivity index (χ1v) is 19.5. The Hall–Kier alpha value is -7.21. The van der Waals surface area contributed by atoms with Gasteiger partial charge in [-0.2, -0.15) is 0 Å². The number of thiophene rings is 1. The van der Waals surface area contributed by atoms with Gasteiger partial charge in [0.1, 0.15) is 11.2 Å². The third kappa shape index (κ3) is 5.48. The molecule has 0 aliphatic carbocycles. The SMILES string of the molecule is c1ccc(-c2ccc(-c3nc(-c4ccccc4)nc(-c4ccc5oc6cccc(-c7cccc8c7sc7cccc(-c9ccccc9)c78)c6c5c4)n3)cc2)cc1. The van der Waals surface area contributed by atoms with Gasteiger partial charge < -0.3 is 4.42 Å². The maximum atomic E-state index is 6.54. The van der Waals surface area contributed by atoms with Crippen LogP contribution in [-0.4, -0.2) is 15.0 Å². The van der Waals surface area contributed by atoms with Crippen LogP contribution in [0.2, 0.25) is 0 Å². The van der Waals surface area contributed by atoms with Crippen LogP contribution < -0.4 is 0 Å². The lowest BCUT2D eigenvalue weighted by molar-refractivity contribution is 0.669. The molecule has 0 spiro atoms. The lowest BCUT2D eigenvalue weighted by atomic mass is 9.95. The van der Waals surface area contributed by atoms with Crippen molar-refractivity contribution < 1.29 is 4.42 Å². The number of rotatable bonds is 6. The van der Waals surface area contributed by atoms with Crippen LogP contribution in [0.4, 0.5) is 0 Å². The number of hydrogen-bond donors (Lipinski definition) is 0. The molecule has 11 rings (SSSR count). The fraction of sp³-hybridized carbons (Fsp3) is 0. The average Bonchev–Trinajstić information content (AvgIpc) is 3.86. The molecule has 4 nitrogen and oxygen atoms in total. The lowest BCUT2D eigenvalue weighted by Crippen LogP contribution is -2.00. The minimum atomic E-state index is 0.606. The number of fused-ring (bicyclic) bond motifs is 6. The monoisotopic (exact) mass is 733 g/mol. The summed E-state index contributed by atoms with van der Waals surface area (Å²) in [5.74, 6) is 1.86. The number of furan rings is 1. The second-order valence-electron chi connectivity index (χ2n) is 13.9. The van der Waals surface area contributed by atoms with Gasteiger partial charge in [-0.3, -0.25) is 0 Å². The molecular formula is C51H31N3OS. The first-order valence-electron chi connectivity index (χ1n) is 18.7. The van der Waals surface area contributed by atoms with E-state index >= 15 is 0 Å².